The van der Waals surface area contributed by atoms with E-state index in [1.54, 1.807) is 13.2 Å². The molecule has 0 radical (unpaired) electrons. The Labute approximate surface area is 120 Å². The number of hydrogen-bond acceptors (Lipinski definition) is 4. The van der Waals surface area contributed by atoms with Crippen LogP contribution in [0.4, 0.5) is 5.69 Å². The zero-order valence-electron chi connectivity index (χ0n) is 11.9. The van der Waals surface area contributed by atoms with Crippen molar-refractivity contribution in [1.82, 2.24) is 5.32 Å². The highest BCUT2D eigenvalue weighted by atomic mass is 16.5. The van der Waals surface area contributed by atoms with Crippen molar-refractivity contribution >= 4 is 11.6 Å². The molecule has 1 amide bonds. The van der Waals surface area contributed by atoms with E-state index in [0.717, 1.165) is 17.9 Å². The van der Waals surface area contributed by atoms with Crippen molar-refractivity contribution in [3.63, 3.8) is 0 Å². The minimum absolute atomic E-state index is 0.0342. The first-order valence-corrected chi connectivity index (χ1v) is 6.59. The van der Waals surface area contributed by atoms with Crippen LogP contribution < -0.4 is 15.4 Å². The number of anilines is 1. The van der Waals surface area contributed by atoms with Gasteiger partial charge in [-0.3, -0.25) is 4.79 Å². The van der Waals surface area contributed by atoms with Gasteiger partial charge >= 0.3 is 0 Å². The van der Waals surface area contributed by atoms with Gasteiger partial charge in [0.05, 0.1) is 6.54 Å². The zero-order valence-corrected chi connectivity index (χ0v) is 11.9. The first-order valence-electron chi connectivity index (χ1n) is 6.59. The van der Waals surface area contributed by atoms with E-state index in [0.29, 0.717) is 19.8 Å². The number of carbonyl (C=O) groups is 1. The van der Waals surface area contributed by atoms with Gasteiger partial charge in [0.2, 0.25) is 5.91 Å². The summed E-state index contributed by atoms with van der Waals surface area (Å²) in [6.07, 6.45) is 2.51. The number of carbonyl (C=O) groups excluding carboxylic acids is 1. The molecule has 0 saturated heterocycles. The number of benzene rings is 1. The molecule has 0 fully saturated rings. The highest BCUT2D eigenvalue weighted by Crippen LogP contribution is 2.15. The van der Waals surface area contributed by atoms with E-state index in [1.807, 2.05) is 24.3 Å². The van der Waals surface area contributed by atoms with E-state index >= 15 is 0 Å². The fraction of sp³-hybridized carbons (Fsp3) is 0.400. The van der Waals surface area contributed by atoms with Crippen LogP contribution in [0.25, 0.3) is 0 Å². The molecule has 0 unspecified atom stereocenters. The molecule has 110 valence electrons. The van der Waals surface area contributed by atoms with Crippen LogP contribution in [0.3, 0.4) is 0 Å². The lowest BCUT2D eigenvalue weighted by Crippen LogP contribution is -2.31. The monoisotopic (exact) mass is 278 g/mol. The maximum Gasteiger partial charge on any atom is 0.239 e. The summed E-state index contributed by atoms with van der Waals surface area (Å²) in [4.78, 5) is 11.5. The van der Waals surface area contributed by atoms with Crippen LogP contribution in [-0.4, -0.2) is 39.3 Å². The third kappa shape index (κ3) is 6.80. The fourth-order valence-corrected chi connectivity index (χ4v) is 1.51. The van der Waals surface area contributed by atoms with Gasteiger partial charge in [-0.25, -0.2) is 0 Å². The molecule has 20 heavy (non-hydrogen) atoms. The van der Waals surface area contributed by atoms with Crippen molar-refractivity contribution in [3.05, 3.63) is 36.9 Å². The molecule has 0 saturated carbocycles. The molecule has 0 spiro atoms. The Morgan fingerprint density at radius 1 is 1.35 bits per heavy atom. The summed E-state index contributed by atoms with van der Waals surface area (Å²) >= 11 is 0. The third-order valence-corrected chi connectivity index (χ3v) is 2.52. The largest absolute Gasteiger partial charge is 0.490 e. The molecular formula is C15H22N2O3. The number of methoxy groups -OCH3 is 1. The third-order valence-electron chi connectivity index (χ3n) is 2.52. The van der Waals surface area contributed by atoms with E-state index in [1.165, 1.54) is 0 Å². The standard InChI is InChI=1S/C15H22N2O3/c1-3-10-20-14-7-5-13(6-8-14)17-12-15(18)16-9-4-11-19-2/h3,5-8,17H,1,4,9-12H2,2H3,(H,16,18). The fourth-order valence-electron chi connectivity index (χ4n) is 1.51. The quantitative estimate of drug-likeness (QED) is 0.506. The molecule has 0 aliphatic rings. The molecule has 0 aliphatic heterocycles. The van der Waals surface area contributed by atoms with Crippen molar-refractivity contribution in [3.8, 4) is 5.75 Å². The van der Waals surface area contributed by atoms with Gasteiger partial charge in [0, 0.05) is 25.9 Å². The van der Waals surface area contributed by atoms with Crippen LogP contribution in [0.2, 0.25) is 0 Å². The van der Waals surface area contributed by atoms with Gasteiger partial charge in [-0.1, -0.05) is 12.7 Å². The van der Waals surface area contributed by atoms with E-state index in [2.05, 4.69) is 17.2 Å². The summed E-state index contributed by atoms with van der Waals surface area (Å²) in [6.45, 7) is 5.60. The number of nitrogens with one attached hydrogen (secondary N) is 2. The molecule has 0 atom stereocenters. The summed E-state index contributed by atoms with van der Waals surface area (Å²) in [5, 5.41) is 5.86. The van der Waals surface area contributed by atoms with Crippen LogP contribution in [0, 0.1) is 0 Å². The second-order valence-corrected chi connectivity index (χ2v) is 4.17. The SMILES string of the molecule is C=CCOc1ccc(NCC(=O)NCCCOC)cc1. The molecule has 0 aromatic heterocycles. The van der Waals surface area contributed by atoms with Gasteiger partial charge in [-0.15, -0.1) is 0 Å². The Kier molecular flexibility index (Phi) is 7.91. The summed E-state index contributed by atoms with van der Waals surface area (Å²) in [5.74, 6) is 0.743. The van der Waals surface area contributed by atoms with Crippen LogP contribution >= 0.6 is 0 Å². The molecule has 5 nitrogen and oxygen atoms in total. The predicted molar refractivity (Wildman–Crippen MR) is 80.1 cm³/mol. The molecule has 0 aliphatic carbocycles. The van der Waals surface area contributed by atoms with Gasteiger partial charge in [-0.05, 0) is 30.7 Å². The van der Waals surface area contributed by atoms with Gasteiger partial charge in [0.15, 0.2) is 0 Å². The molecule has 1 aromatic carbocycles. The predicted octanol–water partition coefficient (Wildman–Crippen LogP) is 1.82. The lowest BCUT2D eigenvalue weighted by atomic mass is 10.3. The van der Waals surface area contributed by atoms with Crippen LogP contribution in [-0.2, 0) is 9.53 Å². The second-order valence-electron chi connectivity index (χ2n) is 4.17. The minimum atomic E-state index is -0.0342. The Morgan fingerprint density at radius 3 is 2.75 bits per heavy atom. The maximum atomic E-state index is 11.5. The van der Waals surface area contributed by atoms with Gasteiger partial charge in [0.1, 0.15) is 12.4 Å². The van der Waals surface area contributed by atoms with Crippen molar-refractivity contribution in [2.24, 2.45) is 0 Å². The van der Waals surface area contributed by atoms with E-state index in [9.17, 15) is 4.79 Å². The van der Waals surface area contributed by atoms with Crippen LogP contribution in [0.1, 0.15) is 6.42 Å². The van der Waals surface area contributed by atoms with Crippen molar-refractivity contribution in [2.75, 3.05) is 38.7 Å². The number of rotatable bonds is 10. The Bertz CT molecular complexity index is 404. The van der Waals surface area contributed by atoms with E-state index < -0.39 is 0 Å². The highest BCUT2D eigenvalue weighted by Gasteiger charge is 2.00. The number of amides is 1. The minimum Gasteiger partial charge on any atom is -0.490 e. The summed E-state index contributed by atoms with van der Waals surface area (Å²) in [5.41, 5.74) is 0.878. The zero-order chi connectivity index (χ0) is 14.6. The second kappa shape index (κ2) is 9.86. The summed E-state index contributed by atoms with van der Waals surface area (Å²) < 4.78 is 10.3. The van der Waals surface area contributed by atoms with Crippen LogP contribution in [0.5, 0.6) is 5.75 Å². The van der Waals surface area contributed by atoms with Gasteiger partial charge in [-0.2, -0.15) is 0 Å². The van der Waals surface area contributed by atoms with Crippen molar-refractivity contribution < 1.29 is 14.3 Å². The highest BCUT2D eigenvalue weighted by molar-refractivity contribution is 5.80. The molecular weight excluding hydrogens is 256 g/mol. The first kappa shape index (κ1) is 16.0. The lowest BCUT2D eigenvalue weighted by molar-refractivity contribution is -0.119. The maximum absolute atomic E-state index is 11.5. The molecule has 0 heterocycles. The van der Waals surface area contributed by atoms with Crippen molar-refractivity contribution in [1.29, 1.82) is 0 Å². The van der Waals surface area contributed by atoms with E-state index in [-0.39, 0.29) is 12.5 Å². The number of ether oxygens (including phenoxy) is 2. The number of hydrogen-bond donors (Lipinski definition) is 2. The smallest absolute Gasteiger partial charge is 0.239 e. The Balaban J connectivity index is 2.23. The summed E-state index contributed by atoms with van der Waals surface area (Å²) in [7, 11) is 1.64. The van der Waals surface area contributed by atoms with Gasteiger partial charge in [0.25, 0.3) is 0 Å². The molecule has 0 bridgehead atoms. The van der Waals surface area contributed by atoms with E-state index in [4.69, 9.17) is 9.47 Å². The van der Waals surface area contributed by atoms with Crippen LogP contribution in [0.15, 0.2) is 36.9 Å². The topological polar surface area (TPSA) is 59.6 Å². The summed E-state index contributed by atoms with van der Waals surface area (Å²) in [6, 6.07) is 7.44. The van der Waals surface area contributed by atoms with Crippen molar-refractivity contribution in [2.45, 2.75) is 6.42 Å². The molecule has 1 aromatic rings. The average Bonchev–Trinajstić information content (AvgIpc) is 2.48. The van der Waals surface area contributed by atoms with Gasteiger partial charge < -0.3 is 20.1 Å². The first-order chi connectivity index (χ1) is 9.76. The normalized spacial score (nSPS) is 9.85. The molecule has 5 heteroatoms. The molecule has 2 N–H and O–H groups in total. The lowest BCUT2D eigenvalue weighted by Gasteiger charge is -2.08. The Morgan fingerprint density at radius 2 is 2.10 bits per heavy atom. The average molecular weight is 278 g/mol. The molecule has 1 rings (SSSR count). The Hall–Kier alpha value is -2.01.